The Morgan fingerprint density at radius 1 is 0.851 bits per heavy atom. The SMILES string of the molecule is Cn1c(-c2cc3cn(CCN4CCOCC4)nc3nc2C2CC2)nc(-c2cccc3nn(C[C@H](O)c4ccccc4)cc23)c1C1CC1. The van der Waals surface area contributed by atoms with Crippen molar-refractivity contribution in [3.8, 4) is 22.6 Å². The van der Waals surface area contributed by atoms with E-state index in [0.29, 0.717) is 18.4 Å². The number of hydrogen-bond donors (Lipinski definition) is 1. The van der Waals surface area contributed by atoms with E-state index in [1.165, 1.54) is 18.5 Å². The van der Waals surface area contributed by atoms with Crippen LogP contribution in [0.1, 0.15) is 60.6 Å². The van der Waals surface area contributed by atoms with E-state index in [1.54, 1.807) is 0 Å². The average molecular weight is 629 g/mol. The smallest absolute Gasteiger partial charge is 0.181 e. The molecule has 4 aromatic heterocycles. The molecule has 2 saturated carbocycles. The van der Waals surface area contributed by atoms with Crippen LogP contribution in [-0.2, 0) is 24.9 Å². The minimum atomic E-state index is -0.635. The van der Waals surface area contributed by atoms with Gasteiger partial charge in [-0.25, -0.2) is 9.97 Å². The van der Waals surface area contributed by atoms with Crippen molar-refractivity contribution in [2.75, 3.05) is 32.8 Å². The maximum atomic E-state index is 10.9. The van der Waals surface area contributed by atoms with E-state index in [9.17, 15) is 5.11 Å². The lowest BCUT2D eigenvalue weighted by Crippen LogP contribution is -2.38. The summed E-state index contributed by atoms with van der Waals surface area (Å²) in [5.41, 5.74) is 8.26. The van der Waals surface area contributed by atoms with E-state index in [-0.39, 0.29) is 0 Å². The van der Waals surface area contributed by atoms with Crippen molar-refractivity contribution in [3.05, 3.63) is 83.9 Å². The van der Waals surface area contributed by atoms with E-state index in [4.69, 9.17) is 24.9 Å². The van der Waals surface area contributed by atoms with Crippen LogP contribution >= 0.6 is 0 Å². The number of morpholine rings is 1. The predicted octanol–water partition coefficient (Wildman–Crippen LogP) is 5.67. The number of ether oxygens (including phenoxy) is 1. The van der Waals surface area contributed by atoms with Gasteiger partial charge < -0.3 is 14.4 Å². The number of fused-ring (bicyclic) bond motifs is 2. The highest BCUT2D eigenvalue weighted by molar-refractivity contribution is 5.95. The fourth-order valence-corrected chi connectivity index (χ4v) is 7.17. The first-order valence-corrected chi connectivity index (χ1v) is 17.0. The van der Waals surface area contributed by atoms with Crippen LogP contribution in [0.25, 0.3) is 44.6 Å². The molecule has 0 amide bonds. The van der Waals surface area contributed by atoms with E-state index in [0.717, 1.165) is 108 Å². The molecule has 6 aromatic rings. The summed E-state index contributed by atoms with van der Waals surface area (Å²) in [6, 6.07) is 18.3. The fourth-order valence-electron chi connectivity index (χ4n) is 7.17. The van der Waals surface area contributed by atoms with Crippen molar-refractivity contribution in [2.24, 2.45) is 7.05 Å². The van der Waals surface area contributed by atoms with Crippen LogP contribution in [0.5, 0.6) is 0 Å². The minimum absolute atomic E-state index is 0.387. The van der Waals surface area contributed by atoms with Crippen molar-refractivity contribution in [2.45, 2.75) is 56.7 Å². The van der Waals surface area contributed by atoms with Gasteiger partial charge in [0.1, 0.15) is 5.82 Å². The summed E-state index contributed by atoms with van der Waals surface area (Å²) in [7, 11) is 2.17. The normalized spacial score (nSPS) is 18.0. The molecule has 0 unspecified atom stereocenters. The van der Waals surface area contributed by atoms with Gasteiger partial charge in [-0.3, -0.25) is 14.3 Å². The molecule has 0 spiro atoms. The summed E-state index contributed by atoms with van der Waals surface area (Å²) >= 11 is 0. The Morgan fingerprint density at radius 3 is 2.45 bits per heavy atom. The van der Waals surface area contributed by atoms with Gasteiger partial charge in [0.2, 0.25) is 0 Å². The molecular weight excluding hydrogens is 588 g/mol. The number of benzene rings is 2. The van der Waals surface area contributed by atoms with Gasteiger partial charge in [-0.2, -0.15) is 10.2 Å². The van der Waals surface area contributed by atoms with Crippen LogP contribution in [0.2, 0.25) is 0 Å². The Bertz CT molecular complexity index is 2060. The van der Waals surface area contributed by atoms with Crippen LogP contribution < -0.4 is 0 Å². The molecule has 1 N–H and O–H groups in total. The first kappa shape index (κ1) is 28.8. The summed E-state index contributed by atoms with van der Waals surface area (Å²) in [4.78, 5) is 13.1. The zero-order valence-electron chi connectivity index (χ0n) is 26.8. The summed E-state index contributed by atoms with van der Waals surface area (Å²) in [6.07, 6.45) is 8.24. The van der Waals surface area contributed by atoms with Gasteiger partial charge in [0.05, 0.1) is 49.3 Å². The number of pyridine rings is 1. The largest absolute Gasteiger partial charge is 0.386 e. The Balaban J connectivity index is 1.09. The quantitative estimate of drug-likeness (QED) is 0.209. The maximum absolute atomic E-state index is 10.9. The van der Waals surface area contributed by atoms with Gasteiger partial charge in [0, 0.05) is 78.5 Å². The molecule has 3 aliphatic rings. The standard InChI is InChI=1S/C37H40N8O2/c1-42-35(26-12-13-26)34(28-8-5-9-31-30(28)22-45(40-31)23-32(46)24-6-3-2-4-7-24)39-37(42)29-20-27-21-44(15-14-43-16-18-47-19-17-43)41-36(27)38-33(29)25-10-11-25/h2-9,20-22,25-26,32,46H,10-19,23H2,1H3/t32-/m0/s1. The number of imidazole rings is 1. The highest BCUT2D eigenvalue weighted by Gasteiger charge is 2.35. The van der Waals surface area contributed by atoms with Gasteiger partial charge in [-0.15, -0.1) is 0 Å². The summed E-state index contributed by atoms with van der Waals surface area (Å²) < 4.78 is 11.8. The van der Waals surface area contributed by atoms with Gasteiger partial charge in [-0.1, -0.05) is 42.5 Å². The van der Waals surface area contributed by atoms with E-state index in [1.807, 2.05) is 41.1 Å². The Morgan fingerprint density at radius 2 is 1.66 bits per heavy atom. The van der Waals surface area contributed by atoms with Gasteiger partial charge in [-0.05, 0) is 43.4 Å². The monoisotopic (exact) mass is 628 g/mol. The molecule has 9 rings (SSSR count). The first-order chi connectivity index (χ1) is 23.1. The van der Waals surface area contributed by atoms with Crippen molar-refractivity contribution < 1.29 is 9.84 Å². The van der Waals surface area contributed by atoms with Crippen molar-refractivity contribution in [1.29, 1.82) is 0 Å². The molecule has 240 valence electrons. The lowest BCUT2D eigenvalue weighted by atomic mass is 10.0. The van der Waals surface area contributed by atoms with E-state index in [2.05, 4.69) is 51.8 Å². The van der Waals surface area contributed by atoms with Crippen LogP contribution in [0.4, 0.5) is 0 Å². The van der Waals surface area contributed by atoms with E-state index >= 15 is 0 Å². The number of nitrogens with zero attached hydrogens (tertiary/aromatic N) is 8. The highest BCUT2D eigenvalue weighted by Crippen LogP contribution is 2.49. The molecule has 2 aromatic carbocycles. The Kier molecular flexibility index (Phi) is 7.17. The third-order valence-electron chi connectivity index (χ3n) is 10.0. The summed E-state index contributed by atoms with van der Waals surface area (Å²) in [5, 5.41) is 22.8. The molecular formula is C37H40N8O2. The Labute approximate surface area is 273 Å². The lowest BCUT2D eigenvalue weighted by Gasteiger charge is -2.26. The fraction of sp³-hybridized carbons (Fsp3) is 0.405. The molecule has 3 fully saturated rings. The maximum Gasteiger partial charge on any atom is 0.181 e. The van der Waals surface area contributed by atoms with Crippen LogP contribution in [-0.4, -0.2) is 77.0 Å². The first-order valence-electron chi connectivity index (χ1n) is 17.0. The predicted molar refractivity (Wildman–Crippen MR) is 181 cm³/mol. The van der Waals surface area contributed by atoms with Gasteiger partial charge >= 0.3 is 0 Å². The summed E-state index contributed by atoms with van der Waals surface area (Å²) in [5.74, 6) is 1.92. The number of aliphatic hydroxyl groups is 1. The summed E-state index contributed by atoms with van der Waals surface area (Å²) in [6.45, 7) is 5.74. The molecule has 0 radical (unpaired) electrons. The lowest BCUT2D eigenvalue weighted by molar-refractivity contribution is 0.0360. The number of rotatable bonds is 10. The highest BCUT2D eigenvalue weighted by atomic mass is 16.5. The molecule has 10 heteroatoms. The van der Waals surface area contributed by atoms with Crippen LogP contribution in [0, 0.1) is 0 Å². The second-order valence-electron chi connectivity index (χ2n) is 13.5. The van der Waals surface area contributed by atoms with E-state index < -0.39 is 6.10 Å². The molecule has 47 heavy (non-hydrogen) atoms. The molecule has 1 saturated heterocycles. The molecule has 10 nitrogen and oxygen atoms in total. The van der Waals surface area contributed by atoms with Crippen LogP contribution in [0.3, 0.4) is 0 Å². The number of hydrogen-bond acceptors (Lipinski definition) is 7. The Hall–Kier alpha value is -4.38. The van der Waals surface area contributed by atoms with Gasteiger partial charge in [0.25, 0.3) is 0 Å². The molecule has 1 aliphatic heterocycles. The molecule has 1 atom stereocenters. The minimum Gasteiger partial charge on any atom is -0.386 e. The second-order valence-corrected chi connectivity index (χ2v) is 13.5. The third kappa shape index (κ3) is 5.54. The van der Waals surface area contributed by atoms with Crippen molar-refractivity contribution in [1.82, 2.24) is 39.0 Å². The molecule has 0 bridgehead atoms. The topological polar surface area (TPSA) is 99.0 Å². The zero-order valence-corrected chi connectivity index (χ0v) is 26.8. The van der Waals surface area contributed by atoms with Gasteiger partial charge in [0.15, 0.2) is 5.65 Å². The average Bonchev–Trinajstić information content (AvgIpc) is 4.02. The van der Waals surface area contributed by atoms with Crippen molar-refractivity contribution >= 4 is 21.9 Å². The molecule has 2 aliphatic carbocycles. The second kappa shape index (κ2) is 11.7. The van der Waals surface area contributed by atoms with Crippen LogP contribution in [0.15, 0.2) is 67.0 Å². The van der Waals surface area contributed by atoms with Crippen molar-refractivity contribution in [3.63, 3.8) is 0 Å². The zero-order chi connectivity index (χ0) is 31.5. The third-order valence-corrected chi connectivity index (χ3v) is 10.0. The number of aliphatic hydroxyl groups excluding tert-OH is 1. The number of aromatic nitrogens is 7. The molecule has 5 heterocycles.